The van der Waals surface area contributed by atoms with Crippen LogP contribution in [0.2, 0.25) is 0 Å². The topological polar surface area (TPSA) is 60.5 Å². The molecule has 3 aromatic rings. The molecule has 1 aromatic heterocycles. The Morgan fingerprint density at radius 2 is 1.91 bits per heavy atom. The van der Waals surface area contributed by atoms with E-state index in [2.05, 4.69) is 10.3 Å². The molecule has 1 heterocycles. The predicted octanol–water partition coefficient (Wildman–Crippen LogP) is 3.87. The van der Waals surface area contributed by atoms with Crippen molar-refractivity contribution < 1.29 is 14.3 Å². The minimum Gasteiger partial charge on any atom is -0.493 e. The molecule has 2 aromatic carbocycles. The normalized spacial score (nSPS) is 10.6. The number of para-hydroxylation sites is 2. The van der Waals surface area contributed by atoms with Crippen LogP contribution in [0, 0.1) is 6.92 Å². The van der Waals surface area contributed by atoms with Gasteiger partial charge in [0.15, 0.2) is 16.6 Å². The molecule has 0 saturated heterocycles. The van der Waals surface area contributed by atoms with Crippen molar-refractivity contribution in [2.75, 3.05) is 19.5 Å². The van der Waals surface area contributed by atoms with Crippen molar-refractivity contribution in [3.63, 3.8) is 0 Å². The molecule has 0 saturated carbocycles. The molecule has 118 valence electrons. The Labute approximate surface area is 137 Å². The van der Waals surface area contributed by atoms with Gasteiger partial charge in [-0.3, -0.25) is 10.1 Å². The molecule has 0 aliphatic rings. The van der Waals surface area contributed by atoms with Crippen molar-refractivity contribution in [3.8, 4) is 11.5 Å². The fourth-order valence-electron chi connectivity index (χ4n) is 2.37. The molecule has 0 aliphatic heterocycles. The Hall–Kier alpha value is -2.60. The summed E-state index contributed by atoms with van der Waals surface area (Å²) in [7, 11) is 3.05. The minimum absolute atomic E-state index is 0.280. The quantitative estimate of drug-likeness (QED) is 0.790. The van der Waals surface area contributed by atoms with E-state index in [9.17, 15) is 4.79 Å². The standard InChI is InChI=1S/C17H16N2O3S/c1-10-6-4-9-13-14(10)18-17(23-13)19-16(20)11-7-5-8-12(21-2)15(11)22-3/h4-9H,1-3H3,(H,18,19,20). The summed E-state index contributed by atoms with van der Waals surface area (Å²) >= 11 is 1.44. The number of thiazole rings is 1. The second kappa shape index (κ2) is 6.26. The molecule has 0 radical (unpaired) electrons. The molecule has 0 atom stereocenters. The average Bonchev–Trinajstić information content (AvgIpc) is 2.97. The number of hydrogen-bond acceptors (Lipinski definition) is 5. The van der Waals surface area contributed by atoms with E-state index in [0.717, 1.165) is 15.8 Å². The highest BCUT2D eigenvalue weighted by atomic mass is 32.1. The molecule has 0 unspecified atom stereocenters. The lowest BCUT2D eigenvalue weighted by Crippen LogP contribution is -2.13. The number of nitrogens with zero attached hydrogens (tertiary/aromatic N) is 1. The zero-order valence-corrected chi connectivity index (χ0v) is 13.9. The first kappa shape index (κ1) is 15.3. The third-order valence-corrected chi connectivity index (χ3v) is 4.42. The Bertz CT molecular complexity index is 873. The zero-order chi connectivity index (χ0) is 16.4. The highest BCUT2D eigenvalue weighted by Crippen LogP contribution is 2.32. The van der Waals surface area contributed by atoms with Crippen molar-refractivity contribution in [2.24, 2.45) is 0 Å². The number of aryl methyl sites for hydroxylation is 1. The van der Waals surface area contributed by atoms with E-state index < -0.39 is 0 Å². The molecule has 3 rings (SSSR count). The lowest BCUT2D eigenvalue weighted by Gasteiger charge is -2.11. The fraction of sp³-hybridized carbons (Fsp3) is 0.176. The van der Waals surface area contributed by atoms with E-state index in [4.69, 9.17) is 9.47 Å². The maximum absolute atomic E-state index is 12.5. The summed E-state index contributed by atoms with van der Waals surface area (Å²) in [6.07, 6.45) is 0. The summed E-state index contributed by atoms with van der Waals surface area (Å²) < 4.78 is 11.6. The first-order valence-corrected chi connectivity index (χ1v) is 7.84. The van der Waals surface area contributed by atoms with Crippen LogP contribution in [0.15, 0.2) is 36.4 Å². The fourth-order valence-corrected chi connectivity index (χ4v) is 3.31. The van der Waals surface area contributed by atoms with E-state index in [1.54, 1.807) is 18.2 Å². The SMILES string of the molecule is COc1cccc(C(=O)Nc2nc3c(C)cccc3s2)c1OC. The number of aromatic nitrogens is 1. The van der Waals surface area contributed by atoms with Crippen molar-refractivity contribution in [1.82, 2.24) is 4.98 Å². The summed E-state index contributed by atoms with van der Waals surface area (Å²) in [4.78, 5) is 17.0. The maximum atomic E-state index is 12.5. The van der Waals surface area contributed by atoms with Gasteiger partial charge in [-0.25, -0.2) is 4.98 Å². The number of fused-ring (bicyclic) bond motifs is 1. The third kappa shape index (κ3) is 2.85. The summed E-state index contributed by atoms with van der Waals surface area (Å²) in [5.41, 5.74) is 2.39. The summed E-state index contributed by atoms with van der Waals surface area (Å²) in [6, 6.07) is 11.2. The van der Waals surface area contributed by atoms with Gasteiger partial charge in [-0.05, 0) is 30.7 Å². The van der Waals surface area contributed by atoms with Gasteiger partial charge < -0.3 is 9.47 Å². The number of benzene rings is 2. The van der Waals surface area contributed by atoms with Crippen molar-refractivity contribution in [1.29, 1.82) is 0 Å². The Morgan fingerprint density at radius 3 is 2.61 bits per heavy atom. The van der Waals surface area contributed by atoms with Crippen molar-refractivity contribution >= 4 is 32.6 Å². The van der Waals surface area contributed by atoms with E-state index in [1.807, 2.05) is 25.1 Å². The number of amides is 1. The zero-order valence-electron chi connectivity index (χ0n) is 13.0. The third-order valence-electron chi connectivity index (χ3n) is 3.49. The minimum atomic E-state index is -0.280. The van der Waals surface area contributed by atoms with Gasteiger partial charge in [0.25, 0.3) is 5.91 Å². The van der Waals surface area contributed by atoms with Crippen LogP contribution in [0.25, 0.3) is 10.2 Å². The number of nitrogens with one attached hydrogen (secondary N) is 1. The second-order valence-corrected chi connectivity index (χ2v) is 5.97. The molecular weight excluding hydrogens is 312 g/mol. The van der Waals surface area contributed by atoms with Gasteiger partial charge in [-0.1, -0.05) is 29.5 Å². The van der Waals surface area contributed by atoms with Crippen LogP contribution in [0.1, 0.15) is 15.9 Å². The van der Waals surface area contributed by atoms with Crippen LogP contribution in [-0.2, 0) is 0 Å². The molecule has 5 nitrogen and oxygen atoms in total. The summed E-state index contributed by atoms with van der Waals surface area (Å²) in [5, 5.41) is 3.39. The van der Waals surface area contributed by atoms with E-state index in [0.29, 0.717) is 22.2 Å². The molecule has 0 bridgehead atoms. The van der Waals surface area contributed by atoms with Crippen molar-refractivity contribution in [3.05, 3.63) is 47.5 Å². The molecule has 1 amide bonds. The Balaban J connectivity index is 1.93. The van der Waals surface area contributed by atoms with Crippen LogP contribution < -0.4 is 14.8 Å². The van der Waals surface area contributed by atoms with Gasteiger partial charge in [0, 0.05) is 0 Å². The van der Waals surface area contributed by atoms with E-state index >= 15 is 0 Å². The van der Waals surface area contributed by atoms with Crippen LogP contribution in [-0.4, -0.2) is 25.1 Å². The number of carbonyl (C=O) groups excluding carboxylic acids is 1. The van der Waals surface area contributed by atoms with Gasteiger partial charge in [-0.15, -0.1) is 0 Å². The predicted molar refractivity (Wildman–Crippen MR) is 91.9 cm³/mol. The van der Waals surface area contributed by atoms with Gasteiger partial charge in [0.05, 0.1) is 30.0 Å². The van der Waals surface area contributed by atoms with Gasteiger partial charge in [-0.2, -0.15) is 0 Å². The number of methoxy groups -OCH3 is 2. The number of anilines is 1. The molecule has 0 fully saturated rings. The summed E-state index contributed by atoms with van der Waals surface area (Å²) in [6.45, 7) is 2.00. The molecular formula is C17H16N2O3S. The number of carbonyl (C=O) groups is 1. The van der Waals surface area contributed by atoms with Gasteiger partial charge in [0.2, 0.25) is 0 Å². The smallest absolute Gasteiger partial charge is 0.261 e. The number of hydrogen-bond donors (Lipinski definition) is 1. The van der Waals surface area contributed by atoms with Crippen LogP contribution in [0.3, 0.4) is 0 Å². The number of rotatable bonds is 4. The highest BCUT2D eigenvalue weighted by molar-refractivity contribution is 7.22. The highest BCUT2D eigenvalue weighted by Gasteiger charge is 2.18. The molecule has 0 spiro atoms. The molecule has 6 heteroatoms. The largest absolute Gasteiger partial charge is 0.493 e. The maximum Gasteiger partial charge on any atom is 0.261 e. The first-order valence-electron chi connectivity index (χ1n) is 7.02. The lowest BCUT2D eigenvalue weighted by atomic mass is 10.1. The summed E-state index contributed by atoms with van der Waals surface area (Å²) in [5.74, 6) is 0.641. The number of ether oxygens (including phenoxy) is 2. The van der Waals surface area contributed by atoms with Gasteiger partial charge in [0.1, 0.15) is 0 Å². The Kier molecular flexibility index (Phi) is 4.16. The van der Waals surface area contributed by atoms with Gasteiger partial charge >= 0.3 is 0 Å². The van der Waals surface area contributed by atoms with E-state index in [1.165, 1.54) is 25.6 Å². The first-order chi connectivity index (χ1) is 11.1. The molecule has 23 heavy (non-hydrogen) atoms. The molecule has 1 N–H and O–H groups in total. The van der Waals surface area contributed by atoms with Crippen LogP contribution in [0.4, 0.5) is 5.13 Å². The second-order valence-electron chi connectivity index (χ2n) is 4.94. The monoisotopic (exact) mass is 328 g/mol. The van der Waals surface area contributed by atoms with Crippen LogP contribution in [0.5, 0.6) is 11.5 Å². The van der Waals surface area contributed by atoms with Crippen LogP contribution >= 0.6 is 11.3 Å². The Morgan fingerprint density at radius 1 is 1.13 bits per heavy atom. The average molecular weight is 328 g/mol. The lowest BCUT2D eigenvalue weighted by molar-refractivity contribution is 0.102. The van der Waals surface area contributed by atoms with E-state index in [-0.39, 0.29) is 5.91 Å². The van der Waals surface area contributed by atoms with Crippen molar-refractivity contribution in [2.45, 2.75) is 6.92 Å². The molecule has 0 aliphatic carbocycles.